The van der Waals surface area contributed by atoms with E-state index in [4.69, 9.17) is 11.6 Å². The number of benzene rings is 1. The van der Waals surface area contributed by atoms with E-state index in [-0.39, 0.29) is 5.91 Å². The number of amides is 1. The fourth-order valence-corrected chi connectivity index (χ4v) is 2.10. The molecular formula is C16H19ClN4O. The number of hydrogen-bond acceptors (Lipinski definition) is 4. The lowest BCUT2D eigenvalue weighted by Crippen LogP contribution is -2.25. The van der Waals surface area contributed by atoms with Gasteiger partial charge >= 0.3 is 0 Å². The monoisotopic (exact) mass is 318 g/mol. The maximum Gasteiger partial charge on any atom is 0.270 e. The minimum atomic E-state index is -0.187. The Morgan fingerprint density at radius 2 is 2.09 bits per heavy atom. The molecule has 0 bridgehead atoms. The van der Waals surface area contributed by atoms with Gasteiger partial charge in [-0.25, -0.2) is 9.97 Å². The summed E-state index contributed by atoms with van der Waals surface area (Å²) in [4.78, 5) is 20.6. The van der Waals surface area contributed by atoms with Gasteiger partial charge in [0.05, 0.1) is 0 Å². The van der Waals surface area contributed by atoms with Crippen LogP contribution in [0.2, 0.25) is 5.02 Å². The van der Waals surface area contributed by atoms with Gasteiger partial charge in [-0.1, -0.05) is 31.0 Å². The maximum absolute atomic E-state index is 12.1. The molecule has 0 saturated carbocycles. The Labute approximate surface area is 135 Å². The van der Waals surface area contributed by atoms with Crippen molar-refractivity contribution in [3.05, 3.63) is 46.7 Å². The maximum atomic E-state index is 12.1. The first-order valence-electron chi connectivity index (χ1n) is 7.25. The van der Waals surface area contributed by atoms with E-state index < -0.39 is 0 Å². The second-order valence-corrected chi connectivity index (χ2v) is 5.40. The summed E-state index contributed by atoms with van der Waals surface area (Å²) >= 11 is 5.95. The number of unbranched alkanes of at least 4 members (excludes halogenated alkanes) is 1. The van der Waals surface area contributed by atoms with Crippen molar-refractivity contribution >= 4 is 29.1 Å². The van der Waals surface area contributed by atoms with Crippen LogP contribution in [0.1, 0.15) is 35.9 Å². The molecule has 1 heterocycles. The van der Waals surface area contributed by atoms with Crippen LogP contribution in [-0.4, -0.2) is 22.4 Å². The summed E-state index contributed by atoms with van der Waals surface area (Å²) in [6.07, 6.45) is 1.98. The number of carbonyl (C=O) groups is 1. The molecule has 1 aromatic heterocycles. The zero-order chi connectivity index (χ0) is 15.9. The van der Waals surface area contributed by atoms with Gasteiger partial charge in [-0.15, -0.1) is 0 Å². The standard InChI is InChI=1S/C16H19ClN4O/c1-3-4-8-18-15(22)14-9-11(2)19-16(21-14)20-13-7-5-6-12(17)10-13/h5-7,9-10H,3-4,8H2,1-2H3,(H,18,22)(H,19,20,21). The zero-order valence-electron chi connectivity index (χ0n) is 12.7. The number of aromatic nitrogens is 2. The summed E-state index contributed by atoms with van der Waals surface area (Å²) in [5.74, 6) is 0.191. The second kappa shape index (κ2) is 7.75. The molecule has 6 heteroatoms. The Morgan fingerprint density at radius 3 is 2.82 bits per heavy atom. The molecule has 0 aliphatic carbocycles. The van der Waals surface area contributed by atoms with Crippen LogP contribution in [0.15, 0.2) is 30.3 Å². The first-order valence-corrected chi connectivity index (χ1v) is 7.62. The molecule has 22 heavy (non-hydrogen) atoms. The van der Waals surface area contributed by atoms with Crippen molar-refractivity contribution in [1.29, 1.82) is 0 Å². The van der Waals surface area contributed by atoms with E-state index in [0.717, 1.165) is 24.2 Å². The van der Waals surface area contributed by atoms with E-state index in [0.29, 0.717) is 23.2 Å². The number of nitrogens with zero attached hydrogens (tertiary/aromatic N) is 2. The summed E-state index contributed by atoms with van der Waals surface area (Å²) in [6, 6.07) is 8.92. The number of aryl methyl sites for hydroxylation is 1. The number of nitrogens with one attached hydrogen (secondary N) is 2. The minimum absolute atomic E-state index is 0.187. The Morgan fingerprint density at radius 1 is 1.27 bits per heavy atom. The molecular weight excluding hydrogens is 300 g/mol. The van der Waals surface area contributed by atoms with Crippen LogP contribution in [0.5, 0.6) is 0 Å². The summed E-state index contributed by atoms with van der Waals surface area (Å²) in [5, 5.41) is 6.53. The number of carbonyl (C=O) groups excluding carboxylic acids is 1. The lowest BCUT2D eigenvalue weighted by atomic mass is 10.3. The molecule has 0 radical (unpaired) electrons. The Balaban J connectivity index is 2.14. The molecule has 2 rings (SSSR count). The highest BCUT2D eigenvalue weighted by atomic mass is 35.5. The molecule has 5 nitrogen and oxygen atoms in total. The highest BCUT2D eigenvalue weighted by Crippen LogP contribution is 2.18. The van der Waals surface area contributed by atoms with E-state index in [1.807, 2.05) is 19.1 Å². The van der Waals surface area contributed by atoms with Crippen LogP contribution in [0, 0.1) is 6.92 Å². The molecule has 0 aliphatic heterocycles. The van der Waals surface area contributed by atoms with E-state index in [2.05, 4.69) is 27.5 Å². The molecule has 0 spiro atoms. The SMILES string of the molecule is CCCCNC(=O)c1cc(C)nc(Nc2cccc(Cl)c2)n1. The molecule has 0 saturated heterocycles. The first kappa shape index (κ1) is 16.2. The molecule has 2 N–H and O–H groups in total. The van der Waals surface area contributed by atoms with E-state index in [1.165, 1.54) is 0 Å². The van der Waals surface area contributed by atoms with Crippen molar-refractivity contribution in [3.8, 4) is 0 Å². The van der Waals surface area contributed by atoms with Crippen molar-refractivity contribution in [2.24, 2.45) is 0 Å². The smallest absolute Gasteiger partial charge is 0.270 e. The van der Waals surface area contributed by atoms with Gasteiger partial charge in [-0.05, 0) is 37.6 Å². The van der Waals surface area contributed by atoms with Gasteiger partial charge in [0.2, 0.25) is 5.95 Å². The third-order valence-electron chi connectivity index (χ3n) is 2.98. The van der Waals surface area contributed by atoms with Crippen LogP contribution in [0.25, 0.3) is 0 Å². The summed E-state index contributed by atoms with van der Waals surface area (Å²) in [5.41, 5.74) is 1.85. The van der Waals surface area contributed by atoms with Crippen LogP contribution in [-0.2, 0) is 0 Å². The lowest BCUT2D eigenvalue weighted by Gasteiger charge is -2.09. The average Bonchev–Trinajstić information content (AvgIpc) is 2.46. The van der Waals surface area contributed by atoms with E-state index in [1.54, 1.807) is 18.2 Å². The van der Waals surface area contributed by atoms with Gasteiger partial charge in [0.15, 0.2) is 0 Å². The Bertz CT molecular complexity index is 660. The minimum Gasteiger partial charge on any atom is -0.351 e. The summed E-state index contributed by atoms with van der Waals surface area (Å²) < 4.78 is 0. The summed E-state index contributed by atoms with van der Waals surface area (Å²) in [6.45, 7) is 4.55. The molecule has 1 aromatic carbocycles. The molecule has 1 amide bonds. The third-order valence-corrected chi connectivity index (χ3v) is 3.22. The number of halogens is 1. The Hall–Kier alpha value is -2.14. The van der Waals surface area contributed by atoms with Gasteiger partial charge < -0.3 is 10.6 Å². The van der Waals surface area contributed by atoms with Crippen LogP contribution >= 0.6 is 11.6 Å². The zero-order valence-corrected chi connectivity index (χ0v) is 13.4. The quantitative estimate of drug-likeness (QED) is 0.797. The number of hydrogen-bond donors (Lipinski definition) is 2. The van der Waals surface area contributed by atoms with E-state index in [9.17, 15) is 4.79 Å². The van der Waals surface area contributed by atoms with Crippen molar-refractivity contribution in [1.82, 2.24) is 15.3 Å². The average molecular weight is 319 g/mol. The summed E-state index contributed by atoms with van der Waals surface area (Å²) in [7, 11) is 0. The number of rotatable bonds is 6. The normalized spacial score (nSPS) is 10.3. The Kier molecular flexibility index (Phi) is 5.72. The highest BCUT2D eigenvalue weighted by molar-refractivity contribution is 6.30. The number of anilines is 2. The second-order valence-electron chi connectivity index (χ2n) is 4.96. The van der Waals surface area contributed by atoms with Gasteiger partial charge in [-0.2, -0.15) is 0 Å². The van der Waals surface area contributed by atoms with Gasteiger partial charge in [0, 0.05) is 22.9 Å². The molecule has 0 atom stereocenters. The predicted molar refractivity (Wildman–Crippen MR) is 88.7 cm³/mol. The van der Waals surface area contributed by atoms with Gasteiger partial charge in [0.25, 0.3) is 5.91 Å². The molecule has 0 unspecified atom stereocenters. The van der Waals surface area contributed by atoms with Gasteiger partial charge in [0.1, 0.15) is 5.69 Å². The largest absolute Gasteiger partial charge is 0.351 e. The van der Waals surface area contributed by atoms with Crippen molar-refractivity contribution in [2.45, 2.75) is 26.7 Å². The molecule has 0 aliphatic rings. The van der Waals surface area contributed by atoms with Gasteiger partial charge in [-0.3, -0.25) is 4.79 Å². The molecule has 2 aromatic rings. The van der Waals surface area contributed by atoms with E-state index >= 15 is 0 Å². The first-order chi connectivity index (χ1) is 10.6. The van der Waals surface area contributed by atoms with Crippen LogP contribution in [0.3, 0.4) is 0 Å². The molecule has 116 valence electrons. The van der Waals surface area contributed by atoms with Crippen molar-refractivity contribution in [3.63, 3.8) is 0 Å². The fourth-order valence-electron chi connectivity index (χ4n) is 1.91. The topological polar surface area (TPSA) is 66.9 Å². The van der Waals surface area contributed by atoms with Crippen molar-refractivity contribution < 1.29 is 4.79 Å². The van der Waals surface area contributed by atoms with Crippen molar-refractivity contribution in [2.75, 3.05) is 11.9 Å². The predicted octanol–water partition coefficient (Wildman–Crippen LogP) is 3.71. The highest BCUT2D eigenvalue weighted by Gasteiger charge is 2.10. The molecule has 0 fully saturated rings. The van der Waals surface area contributed by atoms with Crippen LogP contribution < -0.4 is 10.6 Å². The van der Waals surface area contributed by atoms with Crippen LogP contribution in [0.4, 0.5) is 11.6 Å². The fraction of sp³-hybridized carbons (Fsp3) is 0.312. The lowest BCUT2D eigenvalue weighted by molar-refractivity contribution is 0.0948. The third kappa shape index (κ3) is 4.70.